The Labute approximate surface area is 98.0 Å². The van der Waals surface area contributed by atoms with Crippen LogP contribution in [0.3, 0.4) is 0 Å². The number of hydrogen-bond acceptors (Lipinski definition) is 4. The molecule has 0 aliphatic carbocycles. The van der Waals surface area contributed by atoms with E-state index in [-0.39, 0.29) is 6.61 Å². The molecule has 0 saturated carbocycles. The van der Waals surface area contributed by atoms with Crippen molar-refractivity contribution in [2.75, 3.05) is 0 Å². The standard InChI is InChI=1S/C12H13NO2S/c14-7-12-13-10(8-16-12)6-11(15)9-4-2-1-3-5-9/h1-5,8,11,14-15H,6-7H2. The van der Waals surface area contributed by atoms with E-state index in [4.69, 9.17) is 5.11 Å². The predicted octanol–water partition coefficient (Wildman–Crippen LogP) is 1.91. The maximum Gasteiger partial charge on any atom is 0.118 e. The Balaban J connectivity index is 2.05. The Bertz CT molecular complexity index is 441. The van der Waals surface area contributed by atoms with Gasteiger partial charge in [-0.2, -0.15) is 0 Å². The lowest BCUT2D eigenvalue weighted by Crippen LogP contribution is -2.01. The van der Waals surface area contributed by atoms with Gasteiger partial charge in [0.15, 0.2) is 0 Å². The summed E-state index contributed by atoms with van der Waals surface area (Å²) in [6.45, 7) is -0.0356. The summed E-state index contributed by atoms with van der Waals surface area (Å²) >= 11 is 1.41. The van der Waals surface area contributed by atoms with Gasteiger partial charge in [-0.1, -0.05) is 30.3 Å². The van der Waals surface area contributed by atoms with E-state index in [0.29, 0.717) is 11.4 Å². The zero-order valence-corrected chi connectivity index (χ0v) is 9.52. The highest BCUT2D eigenvalue weighted by atomic mass is 32.1. The zero-order chi connectivity index (χ0) is 11.4. The first-order valence-corrected chi connectivity index (χ1v) is 5.94. The fourth-order valence-corrected chi connectivity index (χ4v) is 2.17. The molecule has 0 spiro atoms. The minimum atomic E-state index is -0.533. The fourth-order valence-electron chi connectivity index (χ4n) is 1.51. The summed E-state index contributed by atoms with van der Waals surface area (Å²) in [6, 6.07) is 9.51. The maximum absolute atomic E-state index is 9.96. The largest absolute Gasteiger partial charge is 0.389 e. The molecule has 2 N–H and O–H groups in total. The summed E-state index contributed by atoms with van der Waals surface area (Å²) in [5.74, 6) is 0. The van der Waals surface area contributed by atoms with Gasteiger partial charge in [-0.15, -0.1) is 11.3 Å². The lowest BCUT2D eigenvalue weighted by Gasteiger charge is -2.08. The van der Waals surface area contributed by atoms with Crippen LogP contribution in [-0.2, 0) is 13.0 Å². The quantitative estimate of drug-likeness (QED) is 0.851. The topological polar surface area (TPSA) is 53.4 Å². The van der Waals surface area contributed by atoms with E-state index in [1.807, 2.05) is 35.7 Å². The Hall–Kier alpha value is -1.23. The van der Waals surface area contributed by atoms with Gasteiger partial charge in [-0.25, -0.2) is 4.98 Å². The molecule has 84 valence electrons. The summed E-state index contributed by atoms with van der Waals surface area (Å²) in [5, 5.41) is 21.4. The molecule has 0 aliphatic rings. The first kappa shape index (κ1) is 11.3. The van der Waals surface area contributed by atoms with E-state index in [1.54, 1.807) is 0 Å². The molecule has 1 unspecified atom stereocenters. The predicted molar refractivity (Wildman–Crippen MR) is 63.1 cm³/mol. The van der Waals surface area contributed by atoms with Crippen molar-refractivity contribution in [3.63, 3.8) is 0 Å². The lowest BCUT2D eigenvalue weighted by atomic mass is 10.1. The number of aliphatic hydroxyl groups is 2. The number of thiazole rings is 1. The molecule has 0 radical (unpaired) electrons. The van der Waals surface area contributed by atoms with Gasteiger partial charge in [0.05, 0.1) is 18.4 Å². The second-order valence-corrected chi connectivity index (χ2v) is 4.46. The Morgan fingerprint density at radius 1 is 1.25 bits per heavy atom. The third-order valence-electron chi connectivity index (χ3n) is 2.32. The van der Waals surface area contributed by atoms with E-state index in [0.717, 1.165) is 11.3 Å². The van der Waals surface area contributed by atoms with Crippen molar-refractivity contribution in [1.82, 2.24) is 4.98 Å². The summed E-state index contributed by atoms with van der Waals surface area (Å²) in [6.07, 6.45) is -0.0459. The van der Waals surface area contributed by atoms with Crippen LogP contribution in [0.25, 0.3) is 0 Å². The molecule has 0 aliphatic heterocycles. The summed E-state index contributed by atoms with van der Waals surface area (Å²) < 4.78 is 0. The third-order valence-corrected chi connectivity index (χ3v) is 3.20. The van der Waals surface area contributed by atoms with Gasteiger partial charge >= 0.3 is 0 Å². The molecular weight excluding hydrogens is 222 g/mol. The summed E-state index contributed by atoms with van der Waals surface area (Å²) in [4.78, 5) is 4.20. The fraction of sp³-hybridized carbons (Fsp3) is 0.250. The molecule has 2 rings (SSSR count). The van der Waals surface area contributed by atoms with Crippen molar-refractivity contribution in [3.8, 4) is 0 Å². The highest BCUT2D eigenvalue weighted by molar-refractivity contribution is 7.09. The minimum absolute atomic E-state index is 0.0356. The molecule has 0 saturated heterocycles. The van der Waals surface area contributed by atoms with Crippen molar-refractivity contribution in [1.29, 1.82) is 0 Å². The van der Waals surface area contributed by atoms with Gasteiger partial charge in [0.25, 0.3) is 0 Å². The summed E-state index contributed by atoms with van der Waals surface area (Å²) in [7, 11) is 0. The normalized spacial score (nSPS) is 12.6. The van der Waals surface area contributed by atoms with Gasteiger partial charge in [-0.3, -0.25) is 0 Å². The van der Waals surface area contributed by atoms with Crippen molar-refractivity contribution in [2.24, 2.45) is 0 Å². The number of aromatic nitrogens is 1. The Kier molecular flexibility index (Phi) is 3.66. The molecule has 1 aromatic heterocycles. The van der Waals surface area contributed by atoms with E-state index in [2.05, 4.69) is 4.98 Å². The maximum atomic E-state index is 9.96. The highest BCUT2D eigenvalue weighted by Crippen LogP contribution is 2.19. The average Bonchev–Trinajstić information content (AvgIpc) is 2.78. The van der Waals surface area contributed by atoms with E-state index < -0.39 is 6.10 Å². The number of rotatable bonds is 4. The molecule has 1 atom stereocenters. The molecule has 4 heteroatoms. The van der Waals surface area contributed by atoms with E-state index >= 15 is 0 Å². The van der Waals surface area contributed by atoms with Crippen LogP contribution in [0.1, 0.15) is 22.4 Å². The number of aliphatic hydroxyl groups excluding tert-OH is 2. The molecule has 0 fully saturated rings. The molecule has 16 heavy (non-hydrogen) atoms. The second-order valence-electron chi connectivity index (χ2n) is 3.52. The lowest BCUT2D eigenvalue weighted by molar-refractivity contribution is 0.177. The highest BCUT2D eigenvalue weighted by Gasteiger charge is 2.10. The molecule has 0 bridgehead atoms. The van der Waals surface area contributed by atoms with Crippen LogP contribution >= 0.6 is 11.3 Å². The van der Waals surface area contributed by atoms with Gasteiger partial charge in [0.1, 0.15) is 5.01 Å². The SMILES string of the molecule is OCc1nc(CC(O)c2ccccc2)cs1. The number of benzene rings is 1. The van der Waals surface area contributed by atoms with Gasteiger partial charge in [-0.05, 0) is 5.56 Å². The van der Waals surface area contributed by atoms with Crippen LogP contribution in [0, 0.1) is 0 Å². The molecular formula is C12H13NO2S. The van der Waals surface area contributed by atoms with E-state index in [1.165, 1.54) is 11.3 Å². The third kappa shape index (κ3) is 2.66. The van der Waals surface area contributed by atoms with Crippen molar-refractivity contribution in [3.05, 3.63) is 52.0 Å². The number of hydrogen-bond donors (Lipinski definition) is 2. The van der Waals surface area contributed by atoms with Gasteiger partial charge in [0.2, 0.25) is 0 Å². The van der Waals surface area contributed by atoms with Crippen molar-refractivity contribution < 1.29 is 10.2 Å². The zero-order valence-electron chi connectivity index (χ0n) is 8.71. The van der Waals surface area contributed by atoms with Crippen LogP contribution in [0.15, 0.2) is 35.7 Å². The molecule has 1 heterocycles. The monoisotopic (exact) mass is 235 g/mol. The van der Waals surface area contributed by atoms with Crippen LogP contribution in [0.4, 0.5) is 0 Å². The van der Waals surface area contributed by atoms with Gasteiger partial charge < -0.3 is 10.2 Å². The van der Waals surface area contributed by atoms with Crippen molar-refractivity contribution >= 4 is 11.3 Å². The van der Waals surface area contributed by atoms with Crippen LogP contribution in [-0.4, -0.2) is 15.2 Å². The van der Waals surface area contributed by atoms with Crippen molar-refractivity contribution in [2.45, 2.75) is 19.1 Å². The molecule has 2 aromatic rings. The average molecular weight is 235 g/mol. The first-order chi connectivity index (χ1) is 7.79. The van der Waals surface area contributed by atoms with Crippen LogP contribution in [0.5, 0.6) is 0 Å². The smallest absolute Gasteiger partial charge is 0.118 e. The molecule has 0 amide bonds. The van der Waals surface area contributed by atoms with Gasteiger partial charge in [0, 0.05) is 11.8 Å². The Morgan fingerprint density at radius 2 is 2.00 bits per heavy atom. The molecule has 3 nitrogen and oxygen atoms in total. The first-order valence-electron chi connectivity index (χ1n) is 5.06. The molecule has 1 aromatic carbocycles. The number of nitrogens with zero attached hydrogens (tertiary/aromatic N) is 1. The second kappa shape index (κ2) is 5.21. The summed E-state index contributed by atoms with van der Waals surface area (Å²) in [5.41, 5.74) is 1.71. The Morgan fingerprint density at radius 3 is 2.62 bits per heavy atom. The minimum Gasteiger partial charge on any atom is -0.389 e. The van der Waals surface area contributed by atoms with E-state index in [9.17, 15) is 5.11 Å². The van der Waals surface area contributed by atoms with Crippen LogP contribution in [0.2, 0.25) is 0 Å². The van der Waals surface area contributed by atoms with Crippen LogP contribution < -0.4 is 0 Å².